The van der Waals surface area contributed by atoms with Crippen molar-refractivity contribution in [2.24, 2.45) is 5.73 Å². The average molecular weight is 244 g/mol. The lowest BCUT2D eigenvalue weighted by molar-refractivity contribution is 0.397. The summed E-state index contributed by atoms with van der Waals surface area (Å²) < 4.78 is 5.04. The molecule has 0 fully saturated rings. The van der Waals surface area contributed by atoms with Gasteiger partial charge in [-0.3, -0.25) is 0 Å². The predicted octanol–water partition coefficient (Wildman–Crippen LogP) is 1.56. The van der Waals surface area contributed by atoms with Crippen LogP contribution in [0.4, 0.5) is 5.95 Å². The number of hydrogen-bond donors (Lipinski definition) is 2. The molecule has 0 aliphatic rings. The number of nitrogens with two attached hydrogens (primary N) is 1. The highest BCUT2D eigenvalue weighted by Gasteiger charge is 2.02. The predicted molar refractivity (Wildman–Crippen MR) is 70.2 cm³/mol. The molecule has 5 nitrogen and oxygen atoms in total. The Morgan fingerprint density at radius 1 is 1.22 bits per heavy atom. The van der Waals surface area contributed by atoms with Crippen molar-refractivity contribution in [1.82, 2.24) is 9.97 Å². The minimum Gasteiger partial charge on any atom is -0.481 e. The minimum atomic E-state index is 0.525. The van der Waals surface area contributed by atoms with Crippen LogP contribution in [-0.2, 0) is 13.1 Å². The van der Waals surface area contributed by atoms with E-state index in [1.165, 1.54) is 0 Å². The molecule has 0 amide bonds. The van der Waals surface area contributed by atoms with Gasteiger partial charge in [-0.25, -0.2) is 4.98 Å². The van der Waals surface area contributed by atoms with Crippen LogP contribution in [0.3, 0.4) is 0 Å². The van der Waals surface area contributed by atoms with E-state index in [4.69, 9.17) is 10.5 Å². The molecule has 3 N–H and O–H groups in total. The number of anilines is 1. The van der Waals surface area contributed by atoms with Crippen molar-refractivity contribution in [2.45, 2.75) is 13.1 Å². The fourth-order valence-corrected chi connectivity index (χ4v) is 1.64. The van der Waals surface area contributed by atoms with Crippen molar-refractivity contribution < 1.29 is 4.74 Å². The van der Waals surface area contributed by atoms with Crippen LogP contribution < -0.4 is 15.8 Å². The van der Waals surface area contributed by atoms with E-state index in [9.17, 15) is 0 Å². The molecule has 0 bridgehead atoms. The van der Waals surface area contributed by atoms with Crippen LogP contribution >= 0.6 is 0 Å². The number of nitrogens with zero attached hydrogens (tertiary/aromatic N) is 2. The maximum absolute atomic E-state index is 5.69. The van der Waals surface area contributed by atoms with Crippen LogP contribution in [0.2, 0.25) is 0 Å². The van der Waals surface area contributed by atoms with Crippen molar-refractivity contribution in [3.63, 3.8) is 0 Å². The fourth-order valence-electron chi connectivity index (χ4n) is 1.64. The molecule has 2 rings (SSSR count). The molecule has 18 heavy (non-hydrogen) atoms. The number of ether oxygens (including phenoxy) is 1. The maximum atomic E-state index is 5.69. The van der Waals surface area contributed by atoms with Gasteiger partial charge in [-0.05, 0) is 11.1 Å². The second kappa shape index (κ2) is 5.97. The van der Waals surface area contributed by atoms with Crippen LogP contribution in [0, 0.1) is 0 Å². The highest BCUT2D eigenvalue weighted by atomic mass is 16.5. The first-order chi connectivity index (χ1) is 8.83. The van der Waals surface area contributed by atoms with Gasteiger partial charge in [0.2, 0.25) is 11.8 Å². The largest absolute Gasteiger partial charge is 0.481 e. The molecule has 0 unspecified atom stereocenters. The molecule has 1 aromatic carbocycles. The van der Waals surface area contributed by atoms with Gasteiger partial charge in [0.05, 0.1) is 7.11 Å². The van der Waals surface area contributed by atoms with Crippen LogP contribution in [0.1, 0.15) is 11.1 Å². The molecule has 2 aromatic rings. The first-order valence-electron chi connectivity index (χ1n) is 5.71. The third kappa shape index (κ3) is 2.95. The Balaban J connectivity index is 2.06. The van der Waals surface area contributed by atoms with Gasteiger partial charge >= 0.3 is 0 Å². The SMILES string of the molecule is COc1ccnc(NCc2ccccc2CN)n1. The topological polar surface area (TPSA) is 73.1 Å². The van der Waals surface area contributed by atoms with Crippen molar-refractivity contribution in [1.29, 1.82) is 0 Å². The number of hydrogen-bond acceptors (Lipinski definition) is 5. The third-order valence-corrected chi connectivity index (χ3v) is 2.61. The Hall–Kier alpha value is -2.14. The zero-order valence-corrected chi connectivity index (χ0v) is 10.3. The first-order valence-corrected chi connectivity index (χ1v) is 5.71. The number of aromatic nitrogens is 2. The smallest absolute Gasteiger partial charge is 0.226 e. The number of benzene rings is 1. The Morgan fingerprint density at radius 2 is 2.00 bits per heavy atom. The van der Waals surface area contributed by atoms with Gasteiger partial charge in [-0.15, -0.1) is 0 Å². The van der Waals surface area contributed by atoms with E-state index in [0.29, 0.717) is 24.9 Å². The van der Waals surface area contributed by atoms with Gasteiger partial charge in [-0.2, -0.15) is 4.98 Å². The van der Waals surface area contributed by atoms with E-state index in [1.807, 2.05) is 24.3 Å². The van der Waals surface area contributed by atoms with E-state index in [2.05, 4.69) is 15.3 Å². The summed E-state index contributed by atoms with van der Waals surface area (Å²) in [6.07, 6.45) is 1.66. The minimum absolute atomic E-state index is 0.525. The number of rotatable bonds is 5. The van der Waals surface area contributed by atoms with Gasteiger partial charge in [0.15, 0.2) is 0 Å². The number of nitrogens with one attached hydrogen (secondary N) is 1. The molecule has 0 aliphatic heterocycles. The summed E-state index contributed by atoms with van der Waals surface area (Å²) in [6, 6.07) is 9.73. The molecule has 1 aromatic heterocycles. The quantitative estimate of drug-likeness (QED) is 0.835. The highest BCUT2D eigenvalue weighted by Crippen LogP contribution is 2.11. The van der Waals surface area contributed by atoms with Crippen LogP contribution in [0.5, 0.6) is 5.88 Å². The maximum Gasteiger partial charge on any atom is 0.226 e. The molecule has 0 atom stereocenters. The van der Waals surface area contributed by atoms with Gasteiger partial charge in [0.1, 0.15) is 0 Å². The van der Waals surface area contributed by atoms with Crippen LogP contribution in [0.15, 0.2) is 36.5 Å². The zero-order chi connectivity index (χ0) is 12.8. The molecule has 0 aliphatic carbocycles. The van der Waals surface area contributed by atoms with Crippen LogP contribution in [-0.4, -0.2) is 17.1 Å². The van der Waals surface area contributed by atoms with Gasteiger partial charge in [0.25, 0.3) is 0 Å². The molecule has 0 saturated carbocycles. The van der Waals surface area contributed by atoms with Gasteiger partial charge in [-0.1, -0.05) is 24.3 Å². The standard InChI is InChI=1S/C13H16N4O/c1-18-12-6-7-15-13(17-12)16-9-11-5-3-2-4-10(11)8-14/h2-7H,8-9,14H2,1H3,(H,15,16,17). The van der Waals surface area contributed by atoms with Crippen molar-refractivity contribution in [2.75, 3.05) is 12.4 Å². The summed E-state index contributed by atoms with van der Waals surface area (Å²) in [5.41, 5.74) is 7.95. The summed E-state index contributed by atoms with van der Waals surface area (Å²) >= 11 is 0. The molecule has 1 heterocycles. The zero-order valence-electron chi connectivity index (χ0n) is 10.3. The molecular weight excluding hydrogens is 228 g/mol. The second-order valence-electron chi connectivity index (χ2n) is 3.75. The molecule has 5 heteroatoms. The summed E-state index contributed by atoms with van der Waals surface area (Å²) in [7, 11) is 1.58. The lowest BCUT2D eigenvalue weighted by Gasteiger charge is -2.09. The molecule has 94 valence electrons. The second-order valence-corrected chi connectivity index (χ2v) is 3.75. The van der Waals surface area contributed by atoms with Crippen molar-refractivity contribution >= 4 is 5.95 Å². The summed E-state index contributed by atoms with van der Waals surface area (Å²) in [5.74, 6) is 1.08. The number of methoxy groups -OCH3 is 1. The Morgan fingerprint density at radius 3 is 2.72 bits per heavy atom. The lowest BCUT2D eigenvalue weighted by Crippen LogP contribution is -2.08. The monoisotopic (exact) mass is 244 g/mol. The summed E-state index contributed by atoms with van der Waals surface area (Å²) in [5, 5.41) is 3.15. The van der Waals surface area contributed by atoms with E-state index >= 15 is 0 Å². The molecule has 0 radical (unpaired) electrons. The van der Waals surface area contributed by atoms with E-state index in [-0.39, 0.29) is 0 Å². The van der Waals surface area contributed by atoms with Crippen molar-refractivity contribution in [3.05, 3.63) is 47.7 Å². The summed E-state index contributed by atoms with van der Waals surface area (Å²) in [6.45, 7) is 1.16. The molecule has 0 spiro atoms. The fraction of sp³-hybridized carbons (Fsp3) is 0.231. The lowest BCUT2D eigenvalue weighted by atomic mass is 10.1. The van der Waals surface area contributed by atoms with Crippen molar-refractivity contribution in [3.8, 4) is 5.88 Å². The Bertz CT molecular complexity index is 516. The third-order valence-electron chi connectivity index (χ3n) is 2.61. The normalized spacial score (nSPS) is 10.1. The summed E-state index contributed by atoms with van der Waals surface area (Å²) in [4.78, 5) is 8.31. The van der Waals surface area contributed by atoms with E-state index in [0.717, 1.165) is 11.1 Å². The van der Waals surface area contributed by atoms with E-state index in [1.54, 1.807) is 19.4 Å². The molecule has 0 saturated heterocycles. The molecular formula is C13H16N4O. The Labute approximate surface area is 106 Å². The average Bonchev–Trinajstić information content (AvgIpc) is 2.45. The highest BCUT2D eigenvalue weighted by molar-refractivity contribution is 5.33. The van der Waals surface area contributed by atoms with Gasteiger partial charge < -0.3 is 15.8 Å². The van der Waals surface area contributed by atoms with Gasteiger partial charge in [0, 0.05) is 25.4 Å². The first kappa shape index (κ1) is 12.3. The van der Waals surface area contributed by atoms with Crippen LogP contribution in [0.25, 0.3) is 0 Å². The Kier molecular flexibility index (Phi) is 4.09. The van der Waals surface area contributed by atoms with E-state index < -0.39 is 0 Å².